The molecule has 0 spiro atoms. The van der Waals surface area contributed by atoms with Crippen molar-refractivity contribution in [2.24, 2.45) is 0 Å². The maximum Gasteiger partial charge on any atom is 0.255 e. The summed E-state index contributed by atoms with van der Waals surface area (Å²) in [6, 6.07) is 14.0. The summed E-state index contributed by atoms with van der Waals surface area (Å²) >= 11 is 0. The summed E-state index contributed by atoms with van der Waals surface area (Å²) in [6.07, 6.45) is 6.35. The molecule has 0 unspecified atom stereocenters. The molecule has 2 N–H and O–H groups in total. The third-order valence-corrected chi connectivity index (χ3v) is 6.10. The van der Waals surface area contributed by atoms with Crippen LogP contribution in [-0.4, -0.2) is 20.4 Å². The van der Waals surface area contributed by atoms with Crippen molar-refractivity contribution in [2.75, 3.05) is 5.32 Å². The first-order valence-electron chi connectivity index (χ1n) is 9.50. The van der Waals surface area contributed by atoms with E-state index in [-0.39, 0.29) is 16.8 Å². The van der Waals surface area contributed by atoms with Gasteiger partial charge in [0.1, 0.15) is 0 Å². The molecule has 27 heavy (non-hydrogen) atoms. The van der Waals surface area contributed by atoms with Gasteiger partial charge in [-0.15, -0.1) is 0 Å². The van der Waals surface area contributed by atoms with Crippen LogP contribution in [0.15, 0.2) is 53.4 Å². The Balaban J connectivity index is 1.64. The molecule has 1 amide bonds. The Hall–Kier alpha value is -2.18. The molecule has 2 aromatic rings. The molecular formula is C21H26N2O3S. The average molecular weight is 387 g/mol. The van der Waals surface area contributed by atoms with Gasteiger partial charge in [0.25, 0.3) is 5.91 Å². The van der Waals surface area contributed by atoms with E-state index in [9.17, 15) is 13.2 Å². The Morgan fingerprint density at radius 1 is 1.07 bits per heavy atom. The highest BCUT2D eigenvalue weighted by Gasteiger charge is 2.28. The van der Waals surface area contributed by atoms with Crippen LogP contribution in [0.5, 0.6) is 0 Å². The van der Waals surface area contributed by atoms with E-state index < -0.39 is 10.0 Å². The minimum Gasteiger partial charge on any atom is -0.322 e. The third-order valence-electron chi connectivity index (χ3n) is 4.59. The number of unbranched alkanes of at least 4 members (excludes halogenated alkanes) is 2. The Morgan fingerprint density at radius 3 is 2.48 bits per heavy atom. The monoisotopic (exact) mass is 386 g/mol. The molecular weight excluding hydrogens is 360 g/mol. The van der Waals surface area contributed by atoms with E-state index in [1.54, 1.807) is 12.1 Å². The van der Waals surface area contributed by atoms with E-state index in [0.717, 1.165) is 19.3 Å². The fraction of sp³-hybridized carbons (Fsp3) is 0.381. The van der Waals surface area contributed by atoms with Gasteiger partial charge < -0.3 is 5.32 Å². The highest BCUT2D eigenvalue weighted by Crippen LogP contribution is 2.22. The molecule has 0 bridgehead atoms. The van der Waals surface area contributed by atoms with E-state index in [1.807, 2.05) is 24.3 Å². The number of sulfonamides is 1. The lowest BCUT2D eigenvalue weighted by atomic mass is 10.1. The predicted molar refractivity (Wildman–Crippen MR) is 107 cm³/mol. The van der Waals surface area contributed by atoms with Gasteiger partial charge in [0.05, 0.1) is 4.90 Å². The highest BCUT2D eigenvalue weighted by molar-refractivity contribution is 7.89. The van der Waals surface area contributed by atoms with Crippen LogP contribution in [0.1, 0.15) is 54.9 Å². The number of aryl methyl sites for hydroxylation is 1. The fourth-order valence-electron chi connectivity index (χ4n) is 2.83. The number of hydrogen-bond donors (Lipinski definition) is 2. The molecule has 0 aliphatic heterocycles. The van der Waals surface area contributed by atoms with Crippen LogP contribution in [0.3, 0.4) is 0 Å². The summed E-state index contributed by atoms with van der Waals surface area (Å²) in [5, 5.41) is 2.83. The minimum atomic E-state index is -3.57. The zero-order chi connectivity index (χ0) is 19.3. The van der Waals surface area contributed by atoms with E-state index >= 15 is 0 Å². The van der Waals surface area contributed by atoms with E-state index in [4.69, 9.17) is 0 Å². The quantitative estimate of drug-likeness (QED) is 0.637. The smallest absolute Gasteiger partial charge is 0.255 e. The molecule has 5 nitrogen and oxygen atoms in total. The van der Waals surface area contributed by atoms with Gasteiger partial charge in [-0.05, 0) is 61.6 Å². The first kappa shape index (κ1) is 19.6. The molecule has 0 radical (unpaired) electrons. The molecule has 1 saturated carbocycles. The molecule has 1 aliphatic rings. The van der Waals surface area contributed by atoms with Crippen molar-refractivity contribution in [3.8, 4) is 0 Å². The topological polar surface area (TPSA) is 75.3 Å². The van der Waals surface area contributed by atoms with Crippen LogP contribution >= 0.6 is 0 Å². The van der Waals surface area contributed by atoms with Crippen molar-refractivity contribution in [3.63, 3.8) is 0 Å². The summed E-state index contributed by atoms with van der Waals surface area (Å²) in [7, 11) is -3.57. The lowest BCUT2D eigenvalue weighted by molar-refractivity contribution is 0.102. The van der Waals surface area contributed by atoms with Gasteiger partial charge >= 0.3 is 0 Å². The Labute approximate surface area is 161 Å². The van der Waals surface area contributed by atoms with Crippen molar-refractivity contribution in [1.82, 2.24) is 4.72 Å². The second kappa shape index (κ2) is 8.67. The molecule has 1 fully saturated rings. The predicted octanol–water partition coefficient (Wildman–Crippen LogP) is 4.11. The largest absolute Gasteiger partial charge is 0.322 e. The summed E-state index contributed by atoms with van der Waals surface area (Å²) in [4.78, 5) is 12.6. The Bertz CT molecular complexity index is 888. The van der Waals surface area contributed by atoms with E-state index in [0.29, 0.717) is 11.3 Å². The molecule has 0 saturated heterocycles. The van der Waals surface area contributed by atoms with Crippen LogP contribution in [0.4, 0.5) is 5.69 Å². The normalized spacial score (nSPS) is 14.1. The summed E-state index contributed by atoms with van der Waals surface area (Å²) in [6.45, 7) is 2.18. The molecule has 0 heterocycles. The summed E-state index contributed by atoms with van der Waals surface area (Å²) < 4.78 is 27.3. The average Bonchev–Trinajstić information content (AvgIpc) is 3.47. The van der Waals surface area contributed by atoms with Gasteiger partial charge in [0, 0.05) is 17.3 Å². The van der Waals surface area contributed by atoms with Crippen molar-refractivity contribution in [2.45, 2.75) is 56.4 Å². The molecule has 0 atom stereocenters. The van der Waals surface area contributed by atoms with Crippen molar-refractivity contribution in [1.29, 1.82) is 0 Å². The van der Waals surface area contributed by atoms with Crippen molar-refractivity contribution < 1.29 is 13.2 Å². The second-order valence-electron chi connectivity index (χ2n) is 7.03. The summed E-state index contributed by atoms with van der Waals surface area (Å²) in [5.41, 5.74) is 2.27. The van der Waals surface area contributed by atoms with Crippen LogP contribution in [-0.2, 0) is 16.4 Å². The standard InChI is InChI=1S/C21H26N2O3S/c1-2-3-4-6-16-9-11-18(12-10-16)22-21(24)17-7-5-8-20(15-17)27(25,26)23-19-13-14-19/h5,7-12,15,19,23H,2-4,6,13-14H2,1H3,(H,22,24). The fourth-order valence-corrected chi connectivity index (χ4v) is 4.18. The van der Waals surface area contributed by atoms with Crippen LogP contribution in [0.25, 0.3) is 0 Å². The SMILES string of the molecule is CCCCCc1ccc(NC(=O)c2cccc(S(=O)(=O)NC3CC3)c2)cc1. The van der Waals surface area contributed by atoms with Gasteiger partial charge in [-0.3, -0.25) is 4.79 Å². The van der Waals surface area contributed by atoms with E-state index in [1.165, 1.54) is 37.0 Å². The van der Waals surface area contributed by atoms with Crippen molar-refractivity contribution >= 4 is 21.6 Å². The molecule has 0 aromatic heterocycles. The first-order valence-corrected chi connectivity index (χ1v) is 11.0. The van der Waals surface area contributed by atoms with Gasteiger partial charge in [0.15, 0.2) is 0 Å². The second-order valence-corrected chi connectivity index (χ2v) is 8.75. The Kier molecular flexibility index (Phi) is 6.29. The molecule has 3 rings (SSSR count). The zero-order valence-electron chi connectivity index (χ0n) is 15.6. The number of rotatable bonds is 9. The lowest BCUT2D eigenvalue weighted by Crippen LogP contribution is -2.26. The summed E-state index contributed by atoms with van der Waals surface area (Å²) in [5.74, 6) is -0.322. The van der Waals surface area contributed by atoms with Gasteiger partial charge in [-0.2, -0.15) is 0 Å². The van der Waals surface area contributed by atoms with Gasteiger partial charge in [0.2, 0.25) is 10.0 Å². The number of carbonyl (C=O) groups is 1. The number of carbonyl (C=O) groups excluding carboxylic acids is 1. The Morgan fingerprint density at radius 2 is 1.81 bits per heavy atom. The van der Waals surface area contributed by atoms with E-state index in [2.05, 4.69) is 17.0 Å². The molecule has 2 aromatic carbocycles. The number of benzene rings is 2. The highest BCUT2D eigenvalue weighted by atomic mass is 32.2. The molecule has 6 heteroatoms. The van der Waals surface area contributed by atoms with Crippen LogP contribution < -0.4 is 10.0 Å². The maximum atomic E-state index is 12.5. The minimum absolute atomic E-state index is 0.0309. The van der Waals surface area contributed by atoms with Crippen LogP contribution in [0.2, 0.25) is 0 Å². The van der Waals surface area contributed by atoms with Crippen molar-refractivity contribution in [3.05, 3.63) is 59.7 Å². The number of anilines is 1. The number of amides is 1. The molecule has 1 aliphatic carbocycles. The van der Waals surface area contributed by atoms with Gasteiger partial charge in [-0.1, -0.05) is 38.0 Å². The zero-order valence-corrected chi connectivity index (χ0v) is 16.4. The third kappa shape index (κ3) is 5.65. The maximum absolute atomic E-state index is 12.5. The first-order chi connectivity index (χ1) is 13.0. The number of nitrogens with one attached hydrogen (secondary N) is 2. The van der Waals surface area contributed by atoms with Gasteiger partial charge in [-0.25, -0.2) is 13.1 Å². The number of hydrogen-bond acceptors (Lipinski definition) is 3. The van der Waals surface area contributed by atoms with Crippen LogP contribution in [0, 0.1) is 0 Å². The lowest BCUT2D eigenvalue weighted by Gasteiger charge is -2.09. The molecule has 144 valence electrons.